The zero-order chi connectivity index (χ0) is 23.6. The standard InChI is InChI=1S/C23H21F3N6O/c1-15-22(2,18-7-9-28-19(10-18)23(24,25)26)30-14-32(15)13-21(33)31-20-6-5-17(12-29-20)16-4-3-8-27-11-16/h3-12,14-15H,13H2,1-2H3,(H,29,31,33). The van der Waals surface area contributed by atoms with Crippen LogP contribution in [-0.2, 0) is 16.5 Å². The van der Waals surface area contributed by atoms with Crippen LogP contribution in [0.4, 0.5) is 19.0 Å². The van der Waals surface area contributed by atoms with E-state index in [0.29, 0.717) is 11.4 Å². The molecule has 170 valence electrons. The van der Waals surface area contributed by atoms with Gasteiger partial charge in [0.1, 0.15) is 17.1 Å². The summed E-state index contributed by atoms with van der Waals surface area (Å²) in [6, 6.07) is 9.43. The minimum Gasteiger partial charge on any atom is -0.348 e. The zero-order valence-corrected chi connectivity index (χ0v) is 17.9. The second kappa shape index (κ2) is 8.61. The molecule has 1 N–H and O–H groups in total. The van der Waals surface area contributed by atoms with Gasteiger partial charge in [-0.15, -0.1) is 0 Å². The molecule has 2 atom stereocenters. The van der Waals surface area contributed by atoms with E-state index in [-0.39, 0.29) is 18.5 Å². The Kier molecular flexibility index (Phi) is 5.84. The highest BCUT2D eigenvalue weighted by Crippen LogP contribution is 2.37. The van der Waals surface area contributed by atoms with Gasteiger partial charge in [-0.05, 0) is 49.7 Å². The van der Waals surface area contributed by atoms with Crippen LogP contribution in [0.5, 0.6) is 0 Å². The number of rotatable bonds is 5. The van der Waals surface area contributed by atoms with Crippen LogP contribution in [0.3, 0.4) is 0 Å². The fourth-order valence-corrected chi connectivity index (χ4v) is 3.64. The number of carbonyl (C=O) groups is 1. The molecule has 0 aromatic carbocycles. The van der Waals surface area contributed by atoms with Crippen molar-refractivity contribution in [1.29, 1.82) is 0 Å². The molecule has 0 aliphatic carbocycles. The lowest BCUT2D eigenvalue weighted by atomic mass is 9.86. The Balaban J connectivity index is 1.41. The van der Waals surface area contributed by atoms with E-state index >= 15 is 0 Å². The summed E-state index contributed by atoms with van der Waals surface area (Å²) in [5.74, 6) is 0.0769. The summed E-state index contributed by atoms with van der Waals surface area (Å²) in [6.07, 6.45) is 3.13. The molecule has 1 aliphatic rings. The molecule has 0 bridgehead atoms. The van der Waals surface area contributed by atoms with Crippen LogP contribution < -0.4 is 5.32 Å². The average Bonchev–Trinajstić information content (AvgIpc) is 3.09. The lowest BCUT2D eigenvalue weighted by Crippen LogP contribution is -2.43. The van der Waals surface area contributed by atoms with Gasteiger partial charge >= 0.3 is 6.18 Å². The lowest BCUT2D eigenvalue weighted by Gasteiger charge is -2.32. The van der Waals surface area contributed by atoms with Gasteiger partial charge in [-0.1, -0.05) is 6.07 Å². The summed E-state index contributed by atoms with van der Waals surface area (Å²) in [4.78, 5) is 30.5. The predicted octanol–water partition coefficient (Wildman–Crippen LogP) is 4.14. The fourth-order valence-electron chi connectivity index (χ4n) is 3.64. The molecule has 3 aromatic rings. The fraction of sp³-hybridized carbons (Fsp3) is 0.261. The number of aromatic nitrogens is 3. The second-order valence-corrected chi connectivity index (χ2v) is 7.89. The average molecular weight is 454 g/mol. The number of pyridine rings is 3. The van der Waals surface area contributed by atoms with E-state index in [2.05, 4.69) is 25.3 Å². The number of hydrogen-bond acceptors (Lipinski definition) is 6. The number of hydrogen-bond donors (Lipinski definition) is 1. The molecule has 1 amide bonds. The first-order chi connectivity index (χ1) is 15.7. The van der Waals surface area contributed by atoms with Crippen LogP contribution in [0.2, 0.25) is 0 Å². The molecule has 3 aromatic heterocycles. The first-order valence-electron chi connectivity index (χ1n) is 10.2. The van der Waals surface area contributed by atoms with Gasteiger partial charge in [0.15, 0.2) is 0 Å². The van der Waals surface area contributed by atoms with E-state index in [1.54, 1.807) is 36.5 Å². The Bertz CT molecular complexity index is 1170. The molecule has 4 rings (SSSR count). The number of alkyl halides is 3. The summed E-state index contributed by atoms with van der Waals surface area (Å²) in [5.41, 5.74) is 0.235. The van der Waals surface area contributed by atoms with E-state index < -0.39 is 17.4 Å². The highest BCUT2D eigenvalue weighted by molar-refractivity contribution is 5.92. The molecule has 10 heteroatoms. The van der Waals surface area contributed by atoms with Crippen molar-refractivity contribution < 1.29 is 18.0 Å². The monoisotopic (exact) mass is 454 g/mol. The first-order valence-corrected chi connectivity index (χ1v) is 10.2. The summed E-state index contributed by atoms with van der Waals surface area (Å²) < 4.78 is 39.2. The largest absolute Gasteiger partial charge is 0.433 e. The van der Waals surface area contributed by atoms with Gasteiger partial charge in [-0.25, -0.2) is 4.98 Å². The highest BCUT2D eigenvalue weighted by atomic mass is 19.4. The van der Waals surface area contributed by atoms with Crippen LogP contribution in [0.15, 0.2) is 66.2 Å². The van der Waals surface area contributed by atoms with Crippen molar-refractivity contribution in [3.8, 4) is 11.1 Å². The topological polar surface area (TPSA) is 83.4 Å². The Morgan fingerprint density at radius 3 is 2.58 bits per heavy atom. The Morgan fingerprint density at radius 1 is 1.12 bits per heavy atom. The lowest BCUT2D eigenvalue weighted by molar-refractivity contribution is -0.141. The number of anilines is 1. The van der Waals surface area contributed by atoms with Crippen molar-refractivity contribution in [2.45, 2.75) is 31.6 Å². The van der Waals surface area contributed by atoms with E-state index in [0.717, 1.165) is 23.4 Å². The number of amides is 1. The van der Waals surface area contributed by atoms with E-state index in [1.165, 1.54) is 12.4 Å². The van der Waals surface area contributed by atoms with Crippen molar-refractivity contribution in [2.24, 2.45) is 4.99 Å². The Morgan fingerprint density at radius 2 is 1.91 bits per heavy atom. The van der Waals surface area contributed by atoms with E-state index in [4.69, 9.17) is 0 Å². The molecule has 2 unspecified atom stereocenters. The molecule has 0 radical (unpaired) electrons. The van der Waals surface area contributed by atoms with Gasteiger partial charge < -0.3 is 10.2 Å². The van der Waals surface area contributed by atoms with Crippen molar-refractivity contribution in [2.75, 3.05) is 11.9 Å². The number of nitrogens with zero attached hydrogens (tertiary/aromatic N) is 5. The number of aliphatic imine (C=N–C) groups is 1. The minimum atomic E-state index is -4.54. The molecular weight excluding hydrogens is 433 g/mol. The predicted molar refractivity (Wildman–Crippen MR) is 117 cm³/mol. The third-order valence-corrected chi connectivity index (χ3v) is 5.77. The minimum absolute atomic E-state index is 0.0243. The molecule has 0 fully saturated rings. The highest BCUT2D eigenvalue weighted by Gasteiger charge is 2.42. The molecular formula is C23H21F3N6O. The molecule has 4 heterocycles. The Hall–Kier alpha value is -3.82. The molecule has 0 saturated carbocycles. The molecule has 7 nitrogen and oxygen atoms in total. The number of carbonyl (C=O) groups excluding carboxylic acids is 1. The van der Waals surface area contributed by atoms with Gasteiger partial charge in [0.05, 0.1) is 18.9 Å². The van der Waals surface area contributed by atoms with Gasteiger partial charge in [0, 0.05) is 35.9 Å². The van der Waals surface area contributed by atoms with Crippen molar-refractivity contribution in [3.05, 3.63) is 72.4 Å². The van der Waals surface area contributed by atoms with Gasteiger partial charge in [-0.3, -0.25) is 19.8 Å². The SMILES string of the molecule is CC1N(CC(=O)Nc2ccc(-c3cccnc3)cn2)C=NC1(C)c1ccnc(C(F)(F)F)c1. The normalized spacial score (nSPS) is 20.2. The molecule has 0 spiro atoms. The van der Waals surface area contributed by atoms with Crippen molar-refractivity contribution >= 4 is 18.1 Å². The molecule has 33 heavy (non-hydrogen) atoms. The summed E-state index contributed by atoms with van der Waals surface area (Å²) >= 11 is 0. The molecule has 0 saturated heterocycles. The van der Waals surface area contributed by atoms with Crippen LogP contribution in [0.1, 0.15) is 25.1 Å². The smallest absolute Gasteiger partial charge is 0.348 e. The maximum Gasteiger partial charge on any atom is 0.433 e. The van der Waals surface area contributed by atoms with Gasteiger partial charge in [-0.2, -0.15) is 13.2 Å². The van der Waals surface area contributed by atoms with Gasteiger partial charge in [0.25, 0.3) is 0 Å². The maximum atomic E-state index is 13.1. The Labute approximate surface area is 188 Å². The zero-order valence-electron chi connectivity index (χ0n) is 17.9. The van der Waals surface area contributed by atoms with Crippen LogP contribution in [-0.4, -0.2) is 44.7 Å². The maximum absolute atomic E-state index is 13.1. The van der Waals surface area contributed by atoms with Crippen molar-refractivity contribution in [1.82, 2.24) is 19.9 Å². The third kappa shape index (κ3) is 4.69. The summed E-state index contributed by atoms with van der Waals surface area (Å²) in [7, 11) is 0. The second-order valence-electron chi connectivity index (χ2n) is 7.89. The van der Waals surface area contributed by atoms with E-state index in [1.807, 2.05) is 25.1 Å². The van der Waals surface area contributed by atoms with Crippen molar-refractivity contribution in [3.63, 3.8) is 0 Å². The van der Waals surface area contributed by atoms with Crippen LogP contribution in [0, 0.1) is 0 Å². The summed E-state index contributed by atoms with van der Waals surface area (Å²) in [5, 5.41) is 2.74. The number of nitrogens with one attached hydrogen (secondary N) is 1. The van der Waals surface area contributed by atoms with Crippen LogP contribution in [0.25, 0.3) is 11.1 Å². The van der Waals surface area contributed by atoms with Crippen LogP contribution >= 0.6 is 0 Å². The third-order valence-electron chi connectivity index (χ3n) is 5.77. The molecule has 1 aliphatic heterocycles. The quantitative estimate of drug-likeness (QED) is 0.627. The van der Waals surface area contributed by atoms with Gasteiger partial charge in [0.2, 0.25) is 5.91 Å². The number of halogens is 3. The first kappa shape index (κ1) is 22.4. The van der Waals surface area contributed by atoms with E-state index in [9.17, 15) is 18.0 Å². The summed E-state index contributed by atoms with van der Waals surface area (Å²) in [6.45, 7) is 3.53.